The monoisotopic (exact) mass is 781 g/mol. The summed E-state index contributed by atoms with van der Waals surface area (Å²) in [5, 5.41) is 3.26. The molecular formula is C46H90N3O4S+. The normalized spacial score (nSPS) is 13.4. The number of hydrogen-bond donors (Lipinski definition) is 2. The van der Waals surface area contributed by atoms with E-state index in [0.717, 1.165) is 62.1 Å². The van der Waals surface area contributed by atoms with Gasteiger partial charge in [-0.2, -0.15) is 11.8 Å². The van der Waals surface area contributed by atoms with Gasteiger partial charge in [0, 0.05) is 18.2 Å². The van der Waals surface area contributed by atoms with Crippen LogP contribution in [0.4, 0.5) is 0 Å². The fourth-order valence-corrected chi connectivity index (χ4v) is 7.82. The summed E-state index contributed by atoms with van der Waals surface area (Å²) in [7, 11) is 5.97. The predicted octanol–water partition coefficient (Wildman–Crippen LogP) is 10.5. The second-order valence-electron chi connectivity index (χ2n) is 16.1. The molecule has 0 heterocycles. The van der Waals surface area contributed by atoms with Crippen LogP contribution in [-0.4, -0.2) is 81.1 Å². The van der Waals surface area contributed by atoms with Crippen LogP contribution < -0.4 is 10.2 Å². The van der Waals surface area contributed by atoms with Crippen molar-refractivity contribution in [3.8, 4) is 0 Å². The Kier molecular flexibility index (Phi) is 38.8. The first-order chi connectivity index (χ1) is 26.3. The van der Waals surface area contributed by atoms with E-state index in [1.54, 1.807) is 11.8 Å². The quantitative estimate of drug-likeness (QED) is 0.0366. The average molecular weight is 781 g/mol. The molecule has 0 aromatic carbocycles. The van der Waals surface area contributed by atoms with Crippen molar-refractivity contribution in [2.75, 3.05) is 52.3 Å². The van der Waals surface area contributed by atoms with Crippen molar-refractivity contribution in [2.24, 2.45) is 5.92 Å². The van der Waals surface area contributed by atoms with Gasteiger partial charge in [0.05, 0.1) is 26.6 Å². The Balaban J connectivity index is 4.80. The maximum Gasteiger partial charge on any atom is 0.334 e. The number of nitrogens with one attached hydrogen (secondary N) is 2. The maximum atomic E-state index is 13.8. The van der Waals surface area contributed by atoms with Gasteiger partial charge in [-0.3, -0.25) is 14.5 Å². The van der Waals surface area contributed by atoms with E-state index in [0.29, 0.717) is 31.7 Å². The molecule has 0 aromatic heterocycles. The number of unbranched alkanes of at least 4 members (excludes halogenated alkanes) is 20. The zero-order valence-electron chi connectivity index (χ0n) is 36.6. The molecule has 0 aliphatic rings. The van der Waals surface area contributed by atoms with E-state index >= 15 is 0 Å². The summed E-state index contributed by atoms with van der Waals surface area (Å²) in [4.78, 5) is 42.8. The third kappa shape index (κ3) is 33.9. The molecule has 3 atom stereocenters. The van der Waals surface area contributed by atoms with E-state index in [1.807, 2.05) is 21.1 Å². The molecule has 0 radical (unpaired) electrons. The molecular weight excluding hydrogens is 691 g/mol. The van der Waals surface area contributed by atoms with Gasteiger partial charge in [0.1, 0.15) is 6.04 Å². The van der Waals surface area contributed by atoms with E-state index in [-0.39, 0.29) is 23.7 Å². The Morgan fingerprint density at radius 3 is 1.72 bits per heavy atom. The summed E-state index contributed by atoms with van der Waals surface area (Å²) < 4.78 is 5.51. The van der Waals surface area contributed by atoms with Gasteiger partial charge in [0.2, 0.25) is 5.91 Å². The standard InChI is InChI=1S/C46H89N3O4S/c1-7-10-13-16-19-21-22-23-24-26-29-32-39-53-44(50)36-41-54-40-35-43(46(52)49(6)38-37-48(4)5)47-45(51)42(33-30-27-18-15-12-9-3)34-31-28-25-20-17-14-11-8-2/h10,13,42-43H,7-9,11-12,14-41H2,1-6H3,(H,47,51)/p+1/b13-10+. The summed E-state index contributed by atoms with van der Waals surface area (Å²) in [6.45, 7) is 8.71. The highest BCUT2D eigenvalue weighted by Crippen LogP contribution is 2.21. The first-order valence-corrected chi connectivity index (χ1v) is 24.1. The van der Waals surface area contributed by atoms with Crippen LogP contribution >= 0.6 is 11.8 Å². The zero-order valence-corrected chi connectivity index (χ0v) is 37.4. The highest BCUT2D eigenvalue weighted by Gasteiger charge is 2.30. The van der Waals surface area contributed by atoms with Crippen molar-refractivity contribution in [3.63, 3.8) is 0 Å². The smallest absolute Gasteiger partial charge is 0.334 e. The molecule has 0 bridgehead atoms. The molecule has 7 nitrogen and oxygen atoms in total. The van der Waals surface area contributed by atoms with E-state index < -0.39 is 6.04 Å². The molecule has 0 aliphatic carbocycles. The fourth-order valence-electron chi connectivity index (χ4n) is 6.90. The van der Waals surface area contributed by atoms with E-state index in [4.69, 9.17) is 4.74 Å². The van der Waals surface area contributed by atoms with Crippen molar-refractivity contribution in [3.05, 3.63) is 12.2 Å². The van der Waals surface area contributed by atoms with Crippen LogP contribution in [0.1, 0.15) is 201 Å². The molecule has 318 valence electrons. The van der Waals surface area contributed by atoms with Gasteiger partial charge in [0.15, 0.2) is 0 Å². The summed E-state index contributed by atoms with van der Waals surface area (Å²) in [5.74, 6) is 1.36. The third-order valence-corrected chi connectivity index (χ3v) is 11.6. The van der Waals surface area contributed by atoms with Crippen LogP contribution in [0.2, 0.25) is 0 Å². The van der Waals surface area contributed by atoms with Gasteiger partial charge in [-0.15, -0.1) is 0 Å². The number of carbonyl (C=O) groups is 3. The van der Waals surface area contributed by atoms with E-state index in [2.05, 4.69) is 43.1 Å². The molecule has 3 unspecified atom stereocenters. The second-order valence-corrected chi connectivity index (χ2v) is 17.4. The number of allylic oxidation sites excluding steroid dienone is 2. The third-order valence-electron chi connectivity index (χ3n) is 10.6. The molecule has 54 heavy (non-hydrogen) atoms. The molecule has 0 saturated carbocycles. The maximum absolute atomic E-state index is 13.8. The van der Waals surface area contributed by atoms with Crippen molar-refractivity contribution in [1.29, 1.82) is 0 Å². The number of esters is 1. The van der Waals surface area contributed by atoms with E-state index in [9.17, 15) is 14.4 Å². The lowest BCUT2D eigenvalue weighted by Gasteiger charge is -2.24. The minimum Gasteiger partial charge on any atom is -0.466 e. The predicted molar refractivity (Wildman–Crippen MR) is 234 cm³/mol. The molecule has 2 N–H and O–H groups in total. The van der Waals surface area contributed by atoms with Crippen LogP contribution in [0.5, 0.6) is 0 Å². The lowest BCUT2D eigenvalue weighted by molar-refractivity contribution is -0.798. The van der Waals surface area contributed by atoms with Gasteiger partial charge in [0.25, 0.3) is 0 Å². The number of nitrogens with zero attached hydrogens (tertiary/aromatic N) is 1. The number of likely N-dealkylation sites (N-methyl/N-ethyl adjacent to an activating group) is 2. The fraction of sp³-hybridized carbons (Fsp3) is 0.891. The van der Waals surface area contributed by atoms with Crippen molar-refractivity contribution in [2.45, 2.75) is 207 Å². The summed E-state index contributed by atoms with van der Waals surface area (Å²) in [5.41, 5.74) is 0. The number of hydrogen-bond acceptors (Lipinski definition) is 6. The molecule has 0 aromatic rings. The number of thioether (sulfide) groups is 1. The summed E-state index contributed by atoms with van der Waals surface area (Å²) in [6.07, 6.45) is 36.8. The SMILES string of the molecule is CC/C=C/CCCCCCCCCCOC(=O)CCSCCC(NC(=O)C(CCCCCCCC)CCCCCCCCCC)C(=O)[NH+](C)CCN(C)C. The van der Waals surface area contributed by atoms with Crippen LogP contribution in [0.3, 0.4) is 0 Å². The van der Waals surface area contributed by atoms with Crippen LogP contribution in [0.25, 0.3) is 0 Å². The van der Waals surface area contributed by atoms with Gasteiger partial charge < -0.3 is 15.0 Å². The molecule has 0 fully saturated rings. The topological polar surface area (TPSA) is 80.1 Å². The Morgan fingerprint density at radius 2 is 1.19 bits per heavy atom. The van der Waals surface area contributed by atoms with Gasteiger partial charge in [-0.1, -0.05) is 161 Å². The van der Waals surface area contributed by atoms with Gasteiger partial charge in [-0.05, 0) is 64.8 Å². The molecule has 0 saturated heterocycles. The molecule has 0 spiro atoms. The average Bonchev–Trinajstić information content (AvgIpc) is 3.16. The number of carbonyl (C=O) groups excluding carboxylic acids is 3. The summed E-state index contributed by atoms with van der Waals surface area (Å²) in [6, 6.07) is -0.507. The first kappa shape index (κ1) is 52.6. The Hall–Kier alpha value is -1.38. The number of amides is 2. The molecule has 2 amide bonds. The number of ether oxygens (including phenoxy) is 1. The van der Waals surface area contributed by atoms with E-state index in [1.165, 1.54) is 122 Å². The van der Waals surface area contributed by atoms with Crippen molar-refractivity contribution in [1.82, 2.24) is 10.2 Å². The summed E-state index contributed by atoms with van der Waals surface area (Å²) >= 11 is 1.68. The molecule has 8 heteroatoms. The Morgan fingerprint density at radius 1 is 0.667 bits per heavy atom. The van der Waals surface area contributed by atoms with Crippen molar-refractivity contribution >= 4 is 29.5 Å². The van der Waals surface area contributed by atoms with Crippen LogP contribution in [0, 0.1) is 5.92 Å². The highest BCUT2D eigenvalue weighted by molar-refractivity contribution is 7.99. The first-order valence-electron chi connectivity index (χ1n) is 23.0. The minimum absolute atomic E-state index is 0.0287. The lowest BCUT2D eigenvalue weighted by Crippen LogP contribution is -3.14. The van der Waals surface area contributed by atoms with Crippen LogP contribution in [-0.2, 0) is 19.1 Å². The lowest BCUT2D eigenvalue weighted by atomic mass is 9.92. The van der Waals surface area contributed by atoms with Crippen molar-refractivity contribution < 1.29 is 24.0 Å². The largest absolute Gasteiger partial charge is 0.466 e. The number of rotatable bonds is 40. The highest BCUT2D eigenvalue weighted by atomic mass is 32.2. The molecule has 0 aliphatic heterocycles. The Bertz CT molecular complexity index is 899. The van der Waals surface area contributed by atoms with Gasteiger partial charge >= 0.3 is 11.9 Å². The second kappa shape index (κ2) is 39.8. The number of quaternary nitrogens is 1. The Labute approximate surface area is 339 Å². The minimum atomic E-state index is -0.507. The van der Waals surface area contributed by atoms with Gasteiger partial charge in [-0.25, -0.2) is 4.79 Å². The molecule has 0 rings (SSSR count). The zero-order chi connectivity index (χ0) is 39.9. The van der Waals surface area contributed by atoms with Crippen LogP contribution in [0.15, 0.2) is 12.2 Å².